The first kappa shape index (κ1) is 19.2. The Morgan fingerprint density at radius 1 is 1.13 bits per heavy atom. The van der Waals surface area contributed by atoms with Crippen LogP contribution in [0.2, 0.25) is 0 Å². The van der Waals surface area contributed by atoms with E-state index in [-0.39, 0.29) is 17.6 Å². The fourth-order valence-electron chi connectivity index (χ4n) is 4.43. The van der Waals surface area contributed by atoms with Gasteiger partial charge in [-0.25, -0.2) is 9.97 Å². The number of alkyl halides is 3. The minimum atomic E-state index is -4.48. The Kier molecular flexibility index (Phi) is 4.77. The molecule has 9 heteroatoms. The highest BCUT2D eigenvalue weighted by Gasteiger charge is 2.38. The number of nitrogens with one attached hydrogen (secondary N) is 2. The maximum absolute atomic E-state index is 13.2. The van der Waals surface area contributed by atoms with Crippen LogP contribution in [-0.4, -0.2) is 34.8 Å². The van der Waals surface area contributed by atoms with Crippen LogP contribution in [0.4, 0.5) is 19.0 Å². The van der Waals surface area contributed by atoms with Crippen molar-refractivity contribution in [3.63, 3.8) is 0 Å². The molecule has 0 spiro atoms. The van der Waals surface area contributed by atoms with Crippen molar-refractivity contribution in [2.24, 2.45) is 11.8 Å². The highest BCUT2D eigenvalue weighted by molar-refractivity contribution is 5.88. The Bertz CT molecular complexity index is 1050. The van der Waals surface area contributed by atoms with Crippen molar-refractivity contribution in [3.05, 3.63) is 47.9 Å². The summed E-state index contributed by atoms with van der Waals surface area (Å²) in [6.07, 6.45) is -1.20. The summed E-state index contributed by atoms with van der Waals surface area (Å²) in [5.74, 6) is 1.54. The zero-order chi connectivity index (χ0) is 20.7. The molecule has 0 radical (unpaired) electrons. The van der Waals surface area contributed by atoms with Gasteiger partial charge < -0.3 is 19.8 Å². The zero-order valence-electron chi connectivity index (χ0n) is 16.1. The van der Waals surface area contributed by atoms with Gasteiger partial charge in [-0.3, -0.25) is 0 Å². The summed E-state index contributed by atoms with van der Waals surface area (Å²) in [5, 5.41) is 3.73. The first-order valence-corrected chi connectivity index (χ1v) is 9.97. The van der Waals surface area contributed by atoms with Crippen LogP contribution >= 0.6 is 0 Å². The number of anilines is 1. The lowest BCUT2D eigenvalue weighted by atomic mass is 9.79. The third-order valence-electron chi connectivity index (χ3n) is 5.94. The molecule has 158 valence electrons. The number of halogens is 3. The summed E-state index contributed by atoms with van der Waals surface area (Å²) in [6, 6.07) is 8.63. The second kappa shape index (κ2) is 7.46. The van der Waals surface area contributed by atoms with Gasteiger partial charge in [0, 0.05) is 24.7 Å². The average molecular weight is 418 g/mol. The van der Waals surface area contributed by atoms with Gasteiger partial charge in [0.15, 0.2) is 0 Å². The number of aromatic nitrogens is 3. The van der Waals surface area contributed by atoms with Crippen LogP contribution < -0.4 is 10.1 Å². The molecule has 30 heavy (non-hydrogen) atoms. The molecule has 5 rings (SSSR count). The van der Waals surface area contributed by atoms with E-state index in [4.69, 9.17) is 9.47 Å². The van der Waals surface area contributed by atoms with E-state index in [0.29, 0.717) is 30.3 Å². The second-order valence-electron chi connectivity index (χ2n) is 7.78. The molecule has 3 aromatic rings. The van der Waals surface area contributed by atoms with E-state index in [1.165, 1.54) is 6.33 Å². The third-order valence-corrected chi connectivity index (χ3v) is 5.94. The lowest BCUT2D eigenvalue weighted by Gasteiger charge is -2.40. The van der Waals surface area contributed by atoms with Gasteiger partial charge in [0.05, 0.1) is 18.0 Å². The topological polar surface area (TPSA) is 72.1 Å². The highest BCUT2D eigenvalue weighted by atomic mass is 19.4. The quantitative estimate of drug-likeness (QED) is 0.652. The minimum Gasteiger partial charge on any atom is -0.493 e. The van der Waals surface area contributed by atoms with Gasteiger partial charge in [-0.05, 0) is 30.9 Å². The number of H-pyrrole nitrogens is 1. The number of benzene rings is 1. The molecule has 1 aromatic carbocycles. The van der Waals surface area contributed by atoms with E-state index in [1.807, 2.05) is 24.3 Å². The molecule has 3 atom stereocenters. The van der Waals surface area contributed by atoms with E-state index in [1.54, 1.807) is 0 Å². The number of hydrogen-bond acceptors (Lipinski definition) is 5. The summed E-state index contributed by atoms with van der Waals surface area (Å²) >= 11 is 0. The van der Waals surface area contributed by atoms with Crippen molar-refractivity contribution < 1.29 is 22.6 Å². The van der Waals surface area contributed by atoms with Crippen LogP contribution in [-0.2, 0) is 10.9 Å². The lowest BCUT2D eigenvalue weighted by Crippen LogP contribution is -2.39. The van der Waals surface area contributed by atoms with Crippen LogP contribution in [0, 0.1) is 11.8 Å². The number of hydrogen-bond donors (Lipinski definition) is 2. The molecular weight excluding hydrogens is 397 g/mol. The largest absolute Gasteiger partial charge is 0.493 e. The Hall–Kier alpha value is -2.81. The van der Waals surface area contributed by atoms with Gasteiger partial charge >= 0.3 is 6.18 Å². The van der Waals surface area contributed by atoms with Crippen molar-refractivity contribution in [1.82, 2.24) is 15.0 Å². The molecule has 0 aliphatic carbocycles. The van der Waals surface area contributed by atoms with E-state index in [0.717, 1.165) is 36.8 Å². The molecular formula is C21H21F3N4O2. The standard InChI is InChI=1S/C21H21F3N4O2/c22-21(23,24)17-8-14-19(27-17)25-11-26-20(14)28-18-13-5-1-2-6-16(13)30-10-15(18)12-4-3-7-29-9-12/h1-2,5-6,8,11-12,15,18H,3-4,7,9-10H2,(H2,25,26,27,28)/t12?,15-,18+/m0/s1. The van der Waals surface area contributed by atoms with Crippen molar-refractivity contribution in [2.75, 3.05) is 25.1 Å². The fraction of sp³-hybridized carbons (Fsp3) is 0.429. The van der Waals surface area contributed by atoms with Crippen LogP contribution in [0.1, 0.15) is 30.1 Å². The normalized spacial score (nSPS) is 24.3. The van der Waals surface area contributed by atoms with Gasteiger partial charge in [-0.1, -0.05) is 18.2 Å². The zero-order valence-corrected chi connectivity index (χ0v) is 16.1. The highest BCUT2D eigenvalue weighted by Crippen LogP contribution is 2.43. The maximum atomic E-state index is 13.2. The lowest BCUT2D eigenvalue weighted by molar-refractivity contribution is -0.140. The Labute approximate surface area is 170 Å². The number of ether oxygens (including phenoxy) is 2. The Morgan fingerprint density at radius 2 is 2.00 bits per heavy atom. The second-order valence-corrected chi connectivity index (χ2v) is 7.78. The summed E-state index contributed by atoms with van der Waals surface area (Å²) in [4.78, 5) is 10.6. The number of nitrogens with zero attached hydrogens (tertiary/aromatic N) is 2. The summed E-state index contributed by atoms with van der Waals surface area (Å²) in [5.41, 5.74) is 0.279. The molecule has 0 amide bonds. The van der Waals surface area contributed by atoms with Gasteiger partial charge in [0.1, 0.15) is 29.2 Å². The van der Waals surface area contributed by atoms with E-state index in [9.17, 15) is 13.2 Å². The number of para-hydroxylation sites is 1. The van der Waals surface area contributed by atoms with Crippen molar-refractivity contribution in [2.45, 2.75) is 25.1 Å². The minimum absolute atomic E-state index is 0.103. The van der Waals surface area contributed by atoms with Crippen LogP contribution in [0.25, 0.3) is 11.0 Å². The smallest absolute Gasteiger partial charge is 0.431 e. The molecule has 1 saturated heterocycles. The maximum Gasteiger partial charge on any atom is 0.431 e. The van der Waals surface area contributed by atoms with Crippen molar-refractivity contribution in [1.29, 1.82) is 0 Å². The molecule has 2 aliphatic rings. The Morgan fingerprint density at radius 3 is 2.80 bits per heavy atom. The third kappa shape index (κ3) is 3.47. The van der Waals surface area contributed by atoms with Crippen molar-refractivity contribution in [3.8, 4) is 5.75 Å². The van der Waals surface area contributed by atoms with E-state index < -0.39 is 11.9 Å². The number of fused-ring (bicyclic) bond motifs is 2. The van der Waals surface area contributed by atoms with Gasteiger partial charge in [0.25, 0.3) is 0 Å². The molecule has 0 saturated carbocycles. The molecule has 2 aromatic heterocycles. The molecule has 2 aliphatic heterocycles. The predicted molar refractivity (Wildman–Crippen MR) is 104 cm³/mol. The van der Waals surface area contributed by atoms with Crippen LogP contribution in [0.5, 0.6) is 5.75 Å². The molecule has 0 bridgehead atoms. The first-order valence-electron chi connectivity index (χ1n) is 9.97. The molecule has 6 nitrogen and oxygen atoms in total. The molecule has 1 fully saturated rings. The van der Waals surface area contributed by atoms with Crippen LogP contribution in [0.3, 0.4) is 0 Å². The molecule has 1 unspecified atom stereocenters. The van der Waals surface area contributed by atoms with Crippen molar-refractivity contribution >= 4 is 16.9 Å². The first-order chi connectivity index (χ1) is 14.5. The molecule has 4 heterocycles. The Balaban J connectivity index is 1.54. The number of rotatable bonds is 3. The van der Waals surface area contributed by atoms with E-state index >= 15 is 0 Å². The summed E-state index contributed by atoms with van der Waals surface area (Å²) in [7, 11) is 0. The average Bonchev–Trinajstić information content (AvgIpc) is 3.21. The summed E-state index contributed by atoms with van der Waals surface area (Å²) < 4.78 is 51.3. The van der Waals surface area contributed by atoms with Gasteiger partial charge in [0.2, 0.25) is 0 Å². The molecule has 2 N–H and O–H groups in total. The predicted octanol–water partition coefficient (Wildman–Crippen LogP) is 4.57. The van der Waals surface area contributed by atoms with Gasteiger partial charge in [-0.2, -0.15) is 13.2 Å². The number of aromatic amines is 1. The summed E-state index contributed by atoms with van der Waals surface area (Å²) in [6.45, 7) is 1.92. The van der Waals surface area contributed by atoms with Crippen LogP contribution in [0.15, 0.2) is 36.7 Å². The van der Waals surface area contributed by atoms with E-state index in [2.05, 4.69) is 20.3 Å². The SMILES string of the molecule is FC(F)(F)c1cc2c(N[C@@H]3c4ccccc4OC[C@H]3C3CCCOC3)ncnc2[nH]1. The fourth-order valence-corrected chi connectivity index (χ4v) is 4.43. The van der Waals surface area contributed by atoms with Gasteiger partial charge in [-0.15, -0.1) is 0 Å². The monoisotopic (exact) mass is 418 g/mol.